The van der Waals surface area contributed by atoms with Crippen LogP contribution in [-0.2, 0) is 21.1 Å². The van der Waals surface area contributed by atoms with Crippen LogP contribution in [0, 0.1) is 11.3 Å². The molecule has 0 fully saturated rings. The number of hydrogen-bond donors (Lipinski definition) is 1. The molecule has 0 aliphatic carbocycles. The number of benzene rings is 1. The van der Waals surface area contributed by atoms with Crippen LogP contribution in [-0.4, -0.2) is 25.1 Å². The first kappa shape index (κ1) is 20.1. The number of aromatic nitrogens is 1. The van der Waals surface area contributed by atoms with Gasteiger partial charge in [0.15, 0.2) is 9.84 Å². The third-order valence-electron chi connectivity index (χ3n) is 3.80. The second-order valence-electron chi connectivity index (χ2n) is 7.78. The van der Waals surface area contributed by atoms with Gasteiger partial charge in [-0.05, 0) is 29.5 Å². The summed E-state index contributed by atoms with van der Waals surface area (Å²) in [6, 6.07) is 12.8. The van der Waals surface area contributed by atoms with Gasteiger partial charge in [-0.2, -0.15) is 0 Å². The van der Waals surface area contributed by atoms with Gasteiger partial charge in [0.1, 0.15) is 5.82 Å². The number of nitrogens with zero attached hydrogens (tertiary/aromatic N) is 1. The number of nitrogens with one attached hydrogen (secondary N) is 1. The van der Waals surface area contributed by atoms with Crippen molar-refractivity contribution < 1.29 is 13.2 Å². The van der Waals surface area contributed by atoms with Crippen LogP contribution in [0.3, 0.4) is 0 Å². The van der Waals surface area contributed by atoms with Crippen LogP contribution in [0.2, 0.25) is 0 Å². The van der Waals surface area contributed by atoms with Crippen molar-refractivity contribution in [1.82, 2.24) is 4.98 Å². The molecule has 6 heteroatoms. The summed E-state index contributed by atoms with van der Waals surface area (Å²) in [4.78, 5) is 16.6. The molecule has 0 saturated heterocycles. The normalized spacial score (nSPS) is 13.2. The Labute approximate surface area is 155 Å². The molecule has 1 aromatic heterocycles. The molecule has 140 valence electrons. The quantitative estimate of drug-likeness (QED) is 0.836. The standard InChI is InChI=1S/C20H26N2O3S/c1-15(12-16-8-6-5-7-9-16)19(23)22-18-11-10-17(13-21-18)26(24,25)14-20(2,3)4/h5-11,13,15H,12,14H2,1-4H3,(H,21,22,23)/t15-/m0/s1. The highest BCUT2D eigenvalue weighted by molar-refractivity contribution is 7.91. The molecule has 0 unspecified atom stereocenters. The summed E-state index contributed by atoms with van der Waals surface area (Å²) in [7, 11) is -3.40. The number of sulfone groups is 1. The van der Waals surface area contributed by atoms with E-state index in [0.29, 0.717) is 12.2 Å². The number of carbonyl (C=O) groups excluding carboxylic acids is 1. The third kappa shape index (κ3) is 5.95. The highest BCUT2D eigenvalue weighted by Crippen LogP contribution is 2.22. The number of rotatable bonds is 6. The lowest BCUT2D eigenvalue weighted by Gasteiger charge is -2.18. The highest BCUT2D eigenvalue weighted by Gasteiger charge is 2.24. The van der Waals surface area contributed by atoms with E-state index in [1.165, 1.54) is 18.3 Å². The molecule has 0 spiro atoms. The van der Waals surface area contributed by atoms with Crippen LogP contribution in [0.5, 0.6) is 0 Å². The summed E-state index contributed by atoms with van der Waals surface area (Å²) in [6.07, 6.45) is 1.93. The smallest absolute Gasteiger partial charge is 0.228 e. The molecule has 0 aliphatic heterocycles. The van der Waals surface area contributed by atoms with Gasteiger partial charge in [0.2, 0.25) is 5.91 Å². The zero-order valence-electron chi connectivity index (χ0n) is 15.7. The monoisotopic (exact) mass is 374 g/mol. The molecule has 0 aliphatic rings. The molecule has 0 bridgehead atoms. The predicted octanol–water partition coefficient (Wildman–Crippen LogP) is 3.72. The first-order valence-electron chi connectivity index (χ1n) is 8.60. The van der Waals surface area contributed by atoms with E-state index in [9.17, 15) is 13.2 Å². The van der Waals surface area contributed by atoms with E-state index in [2.05, 4.69) is 10.3 Å². The molecule has 1 aromatic carbocycles. The minimum absolute atomic E-state index is 0.0432. The average Bonchev–Trinajstić information content (AvgIpc) is 2.54. The molecule has 0 radical (unpaired) electrons. The van der Waals surface area contributed by atoms with Gasteiger partial charge in [-0.1, -0.05) is 58.0 Å². The number of carbonyl (C=O) groups is 1. The van der Waals surface area contributed by atoms with E-state index >= 15 is 0 Å². The summed E-state index contributed by atoms with van der Waals surface area (Å²) in [5.74, 6) is 0.0291. The van der Waals surface area contributed by atoms with E-state index in [4.69, 9.17) is 0 Å². The molecular weight excluding hydrogens is 348 g/mol. The second-order valence-corrected chi connectivity index (χ2v) is 9.77. The Morgan fingerprint density at radius 2 is 1.77 bits per heavy atom. The second kappa shape index (κ2) is 7.99. The van der Waals surface area contributed by atoms with Gasteiger partial charge in [-0.15, -0.1) is 0 Å². The summed E-state index contributed by atoms with van der Waals surface area (Å²) < 4.78 is 24.7. The molecule has 1 heterocycles. The Balaban J connectivity index is 2.01. The number of pyridine rings is 1. The lowest BCUT2D eigenvalue weighted by molar-refractivity contribution is -0.119. The molecule has 1 amide bonds. The van der Waals surface area contributed by atoms with Crippen molar-refractivity contribution in [2.75, 3.05) is 11.1 Å². The van der Waals surface area contributed by atoms with Crippen molar-refractivity contribution in [2.45, 2.75) is 39.0 Å². The maximum absolute atomic E-state index is 12.4. The summed E-state index contributed by atoms with van der Waals surface area (Å²) >= 11 is 0. The molecule has 1 N–H and O–H groups in total. The topological polar surface area (TPSA) is 76.1 Å². The Kier molecular flexibility index (Phi) is 6.18. The van der Waals surface area contributed by atoms with E-state index in [0.717, 1.165) is 5.56 Å². The van der Waals surface area contributed by atoms with E-state index in [1.807, 2.05) is 58.0 Å². The third-order valence-corrected chi connectivity index (χ3v) is 6.01. The fourth-order valence-corrected chi connectivity index (χ4v) is 4.40. The van der Waals surface area contributed by atoms with Crippen molar-refractivity contribution >= 4 is 21.6 Å². The molecular formula is C20H26N2O3S. The average molecular weight is 375 g/mol. The van der Waals surface area contributed by atoms with E-state index < -0.39 is 9.84 Å². The van der Waals surface area contributed by atoms with Crippen LogP contribution in [0.1, 0.15) is 33.3 Å². The fraction of sp³-hybridized carbons (Fsp3) is 0.400. The minimum Gasteiger partial charge on any atom is -0.310 e. The number of hydrogen-bond acceptors (Lipinski definition) is 4. The van der Waals surface area contributed by atoms with E-state index in [-0.39, 0.29) is 27.9 Å². The fourth-order valence-electron chi connectivity index (χ4n) is 2.60. The zero-order valence-corrected chi connectivity index (χ0v) is 16.5. The lowest BCUT2D eigenvalue weighted by atomic mass is 10.0. The molecule has 1 atom stereocenters. The summed E-state index contributed by atoms with van der Waals surface area (Å²) in [6.45, 7) is 7.48. The molecule has 2 rings (SSSR count). The number of anilines is 1. The zero-order chi connectivity index (χ0) is 19.4. The van der Waals surface area contributed by atoms with Gasteiger partial charge in [0.25, 0.3) is 0 Å². The van der Waals surface area contributed by atoms with Crippen molar-refractivity contribution in [2.24, 2.45) is 11.3 Å². The Hall–Kier alpha value is -2.21. The van der Waals surface area contributed by atoms with Crippen molar-refractivity contribution in [3.63, 3.8) is 0 Å². The van der Waals surface area contributed by atoms with Gasteiger partial charge in [0, 0.05) is 12.1 Å². The number of amides is 1. The van der Waals surface area contributed by atoms with Gasteiger partial charge >= 0.3 is 0 Å². The summed E-state index contributed by atoms with van der Waals surface area (Å²) in [5, 5.41) is 2.74. The van der Waals surface area contributed by atoms with Crippen LogP contribution < -0.4 is 5.32 Å². The van der Waals surface area contributed by atoms with Gasteiger partial charge in [-0.3, -0.25) is 4.79 Å². The van der Waals surface area contributed by atoms with Gasteiger partial charge in [0.05, 0.1) is 10.6 Å². The molecule has 2 aromatic rings. The summed E-state index contributed by atoms with van der Waals surface area (Å²) in [5.41, 5.74) is 0.755. The Morgan fingerprint density at radius 1 is 1.12 bits per heavy atom. The van der Waals surface area contributed by atoms with Crippen LogP contribution in [0.4, 0.5) is 5.82 Å². The maximum atomic E-state index is 12.4. The lowest BCUT2D eigenvalue weighted by Crippen LogP contribution is -2.23. The molecule has 26 heavy (non-hydrogen) atoms. The Morgan fingerprint density at radius 3 is 2.31 bits per heavy atom. The van der Waals surface area contributed by atoms with Gasteiger partial charge < -0.3 is 5.32 Å². The first-order valence-corrected chi connectivity index (χ1v) is 10.3. The van der Waals surface area contributed by atoms with Crippen LogP contribution in [0.15, 0.2) is 53.6 Å². The van der Waals surface area contributed by atoms with Crippen LogP contribution >= 0.6 is 0 Å². The van der Waals surface area contributed by atoms with Crippen molar-refractivity contribution in [3.05, 3.63) is 54.2 Å². The Bertz CT molecular complexity index is 839. The maximum Gasteiger partial charge on any atom is 0.228 e. The highest BCUT2D eigenvalue weighted by atomic mass is 32.2. The van der Waals surface area contributed by atoms with Crippen LogP contribution in [0.25, 0.3) is 0 Å². The molecule has 0 saturated carbocycles. The van der Waals surface area contributed by atoms with Crippen molar-refractivity contribution in [3.8, 4) is 0 Å². The predicted molar refractivity (Wildman–Crippen MR) is 104 cm³/mol. The van der Waals surface area contributed by atoms with Gasteiger partial charge in [-0.25, -0.2) is 13.4 Å². The first-order chi connectivity index (χ1) is 12.1. The SMILES string of the molecule is C[C@@H](Cc1ccccc1)C(=O)Nc1ccc(S(=O)(=O)CC(C)(C)C)cn1. The molecule has 5 nitrogen and oxygen atoms in total. The van der Waals surface area contributed by atoms with Crippen molar-refractivity contribution in [1.29, 1.82) is 0 Å². The van der Waals surface area contributed by atoms with E-state index in [1.54, 1.807) is 0 Å². The largest absolute Gasteiger partial charge is 0.310 e. The minimum atomic E-state index is -3.40.